The van der Waals surface area contributed by atoms with Gasteiger partial charge in [0.05, 0.1) is 23.8 Å². The minimum atomic E-state index is -1.37. The van der Waals surface area contributed by atoms with Crippen molar-refractivity contribution >= 4 is 28.9 Å². The van der Waals surface area contributed by atoms with E-state index in [-0.39, 0.29) is 11.5 Å². The van der Waals surface area contributed by atoms with E-state index >= 15 is 0 Å². The number of ether oxygens (including phenoxy) is 1. The zero-order valence-corrected chi connectivity index (χ0v) is 12.9. The second kappa shape index (κ2) is 7.14. The fraction of sp³-hybridized carbons (Fsp3) is 0.667. The quantitative estimate of drug-likeness (QED) is 0.411. The molecule has 0 amide bonds. The van der Waals surface area contributed by atoms with Crippen molar-refractivity contribution in [3.63, 3.8) is 0 Å². The second-order valence-corrected chi connectivity index (χ2v) is 7.02. The van der Waals surface area contributed by atoms with E-state index in [1.165, 1.54) is 36.2 Å². The zero-order valence-electron chi connectivity index (χ0n) is 11.2. The Kier molecular flexibility index (Phi) is 5.72. The third-order valence-corrected chi connectivity index (χ3v) is 5.54. The minimum Gasteiger partial charge on any atom is -0.394 e. The Labute approximate surface area is 129 Å². The molecule has 1 aromatic rings. The van der Waals surface area contributed by atoms with Gasteiger partial charge in [-0.2, -0.15) is 0 Å². The van der Waals surface area contributed by atoms with Gasteiger partial charge in [0.15, 0.2) is 10.1 Å². The standard InChI is InChI=1S/C12H17NO6S2/c1-5(15)8-2-13-12(21-8)20-4-7-10(17)11(18)9(16)6(3-14)19-7/h2,6-7,9-11,14,16-18H,3-4H2,1H3/t6?,7-,9-,10?,11?/m1/s1. The average molecular weight is 335 g/mol. The molecule has 0 aliphatic carbocycles. The smallest absolute Gasteiger partial charge is 0.171 e. The first-order valence-corrected chi connectivity index (χ1v) is 8.14. The molecule has 118 valence electrons. The summed E-state index contributed by atoms with van der Waals surface area (Å²) in [7, 11) is 0. The van der Waals surface area contributed by atoms with E-state index < -0.39 is 37.1 Å². The molecule has 0 bridgehead atoms. The molecule has 0 saturated carbocycles. The van der Waals surface area contributed by atoms with Gasteiger partial charge >= 0.3 is 0 Å². The van der Waals surface area contributed by atoms with Crippen molar-refractivity contribution in [2.45, 2.75) is 41.8 Å². The first kappa shape index (κ1) is 16.8. The van der Waals surface area contributed by atoms with Crippen LogP contribution in [0.1, 0.15) is 16.6 Å². The van der Waals surface area contributed by atoms with Crippen molar-refractivity contribution < 1.29 is 30.0 Å². The van der Waals surface area contributed by atoms with Crippen LogP contribution in [-0.2, 0) is 4.74 Å². The number of ketones is 1. The van der Waals surface area contributed by atoms with Crippen LogP contribution in [0.3, 0.4) is 0 Å². The zero-order chi connectivity index (χ0) is 15.6. The van der Waals surface area contributed by atoms with E-state index in [1.807, 2.05) is 0 Å². The molecule has 1 fully saturated rings. The maximum atomic E-state index is 11.2. The third kappa shape index (κ3) is 3.81. The van der Waals surface area contributed by atoms with E-state index in [4.69, 9.17) is 9.84 Å². The SMILES string of the molecule is CC(=O)c1cnc(SC[C@H]2OC(CO)[C@@H](O)C(O)C2O)s1. The van der Waals surface area contributed by atoms with Crippen molar-refractivity contribution in [2.75, 3.05) is 12.4 Å². The molecule has 1 aromatic heterocycles. The van der Waals surface area contributed by atoms with Gasteiger partial charge in [0.1, 0.15) is 24.4 Å². The summed E-state index contributed by atoms with van der Waals surface area (Å²) in [5, 5.41) is 38.4. The first-order chi connectivity index (χ1) is 9.93. The number of hydrogen-bond donors (Lipinski definition) is 4. The van der Waals surface area contributed by atoms with E-state index in [0.29, 0.717) is 9.22 Å². The van der Waals surface area contributed by atoms with Crippen LogP contribution in [-0.4, -0.2) is 74.1 Å². The van der Waals surface area contributed by atoms with Gasteiger partial charge in [0.25, 0.3) is 0 Å². The molecular formula is C12H17NO6S2. The summed E-state index contributed by atoms with van der Waals surface area (Å²) >= 11 is 2.52. The molecular weight excluding hydrogens is 318 g/mol. The number of aliphatic hydroxyl groups is 4. The van der Waals surface area contributed by atoms with Gasteiger partial charge in [0, 0.05) is 12.7 Å². The molecule has 4 N–H and O–H groups in total. The summed E-state index contributed by atoms with van der Waals surface area (Å²) in [6.45, 7) is 1.01. The molecule has 1 aliphatic rings. The molecule has 0 aromatic carbocycles. The molecule has 1 saturated heterocycles. The van der Waals surface area contributed by atoms with Gasteiger partial charge in [-0.1, -0.05) is 11.8 Å². The number of hydrogen-bond acceptors (Lipinski definition) is 9. The summed E-state index contributed by atoms with van der Waals surface area (Å²) in [6, 6.07) is 0. The predicted octanol–water partition coefficient (Wildman–Crippen LogP) is -0.720. The van der Waals surface area contributed by atoms with Crippen LogP contribution in [0.4, 0.5) is 0 Å². The molecule has 21 heavy (non-hydrogen) atoms. The van der Waals surface area contributed by atoms with E-state index in [0.717, 1.165) is 0 Å². The highest BCUT2D eigenvalue weighted by atomic mass is 32.2. The van der Waals surface area contributed by atoms with Crippen LogP contribution in [0.2, 0.25) is 0 Å². The number of rotatable bonds is 5. The molecule has 0 spiro atoms. The maximum Gasteiger partial charge on any atom is 0.171 e. The maximum absolute atomic E-state index is 11.2. The second-order valence-electron chi connectivity index (χ2n) is 4.72. The highest BCUT2D eigenvalue weighted by Crippen LogP contribution is 2.29. The molecule has 3 unspecified atom stereocenters. The monoisotopic (exact) mass is 335 g/mol. The van der Waals surface area contributed by atoms with Crippen molar-refractivity contribution in [2.24, 2.45) is 0 Å². The lowest BCUT2D eigenvalue weighted by Gasteiger charge is -2.39. The highest BCUT2D eigenvalue weighted by Gasteiger charge is 2.43. The predicted molar refractivity (Wildman–Crippen MR) is 76.6 cm³/mol. The number of thiazole rings is 1. The van der Waals surface area contributed by atoms with Gasteiger partial charge in [-0.05, 0) is 0 Å². The lowest BCUT2D eigenvalue weighted by atomic mass is 9.96. The van der Waals surface area contributed by atoms with Crippen LogP contribution in [0.25, 0.3) is 0 Å². The van der Waals surface area contributed by atoms with Crippen molar-refractivity contribution in [3.8, 4) is 0 Å². The molecule has 2 rings (SSSR count). The minimum absolute atomic E-state index is 0.0628. The van der Waals surface area contributed by atoms with E-state index in [2.05, 4.69) is 4.98 Å². The van der Waals surface area contributed by atoms with Crippen molar-refractivity contribution in [1.82, 2.24) is 4.98 Å². The molecule has 2 heterocycles. The number of aromatic nitrogens is 1. The summed E-state index contributed by atoms with van der Waals surface area (Å²) in [5.74, 6) is 0.221. The number of carbonyl (C=O) groups is 1. The van der Waals surface area contributed by atoms with Crippen molar-refractivity contribution in [1.29, 1.82) is 0 Å². The molecule has 7 nitrogen and oxygen atoms in total. The number of aliphatic hydroxyl groups excluding tert-OH is 4. The lowest BCUT2D eigenvalue weighted by molar-refractivity contribution is -0.222. The topological polar surface area (TPSA) is 120 Å². The van der Waals surface area contributed by atoms with Gasteiger partial charge in [-0.25, -0.2) is 4.98 Å². The Balaban J connectivity index is 1.96. The summed E-state index contributed by atoms with van der Waals surface area (Å²) in [6.07, 6.45) is -4.13. The van der Waals surface area contributed by atoms with Gasteiger partial charge in [-0.3, -0.25) is 4.79 Å². The molecule has 0 radical (unpaired) electrons. The third-order valence-electron chi connectivity index (χ3n) is 3.19. The summed E-state index contributed by atoms with van der Waals surface area (Å²) in [5.41, 5.74) is 0. The molecule has 9 heteroatoms. The first-order valence-electron chi connectivity index (χ1n) is 6.34. The van der Waals surface area contributed by atoms with E-state index in [9.17, 15) is 20.1 Å². The number of carbonyl (C=O) groups excluding carboxylic acids is 1. The van der Waals surface area contributed by atoms with Gasteiger partial charge in [-0.15, -0.1) is 11.3 Å². The van der Waals surface area contributed by atoms with Crippen LogP contribution >= 0.6 is 23.1 Å². The highest BCUT2D eigenvalue weighted by molar-refractivity contribution is 8.01. The van der Waals surface area contributed by atoms with Gasteiger partial charge < -0.3 is 25.2 Å². The summed E-state index contributed by atoms with van der Waals surface area (Å²) in [4.78, 5) is 15.8. The fourth-order valence-corrected chi connectivity index (χ4v) is 3.92. The Morgan fingerprint density at radius 3 is 2.57 bits per heavy atom. The molecule has 5 atom stereocenters. The Hall–Kier alpha value is -0.550. The number of nitrogens with zero attached hydrogens (tertiary/aromatic N) is 1. The Morgan fingerprint density at radius 2 is 2.00 bits per heavy atom. The van der Waals surface area contributed by atoms with Gasteiger partial charge in [0.2, 0.25) is 0 Å². The Bertz CT molecular complexity index is 494. The number of thioether (sulfide) groups is 1. The summed E-state index contributed by atoms with van der Waals surface area (Å²) < 4.78 is 6.04. The number of Topliss-reactive ketones (excluding diaryl/α,β-unsaturated/α-hetero) is 1. The van der Waals surface area contributed by atoms with Crippen LogP contribution in [0.5, 0.6) is 0 Å². The fourth-order valence-electron chi connectivity index (χ4n) is 1.96. The van der Waals surface area contributed by atoms with Crippen LogP contribution in [0, 0.1) is 0 Å². The normalized spacial score (nSPS) is 33.1. The van der Waals surface area contributed by atoms with Crippen LogP contribution in [0.15, 0.2) is 10.5 Å². The van der Waals surface area contributed by atoms with Crippen molar-refractivity contribution in [3.05, 3.63) is 11.1 Å². The molecule has 1 aliphatic heterocycles. The van der Waals surface area contributed by atoms with E-state index in [1.54, 1.807) is 0 Å². The Morgan fingerprint density at radius 1 is 1.33 bits per heavy atom. The average Bonchev–Trinajstić information content (AvgIpc) is 2.93. The van der Waals surface area contributed by atoms with Crippen LogP contribution < -0.4 is 0 Å². The lowest BCUT2D eigenvalue weighted by Crippen LogP contribution is -2.59. The largest absolute Gasteiger partial charge is 0.394 e.